The minimum absolute atomic E-state index is 0.541. The number of hydrogen-bond acceptors (Lipinski definition) is 2. The smallest absolute Gasteiger partial charge is 0.143 e. The van der Waals surface area contributed by atoms with Gasteiger partial charge in [0.2, 0.25) is 0 Å². The summed E-state index contributed by atoms with van der Waals surface area (Å²) < 4.78 is 4.15. The fourth-order valence-electron chi connectivity index (χ4n) is 3.99. The zero-order valence-corrected chi connectivity index (χ0v) is 17.2. The molecule has 0 radical (unpaired) electrons. The Morgan fingerprint density at radius 2 is 1.52 bits per heavy atom. The van der Waals surface area contributed by atoms with E-state index in [-0.39, 0.29) is 0 Å². The minimum atomic E-state index is -0.579. The molecular weight excluding hydrogens is 444 g/mol. The average molecular weight is 466 g/mol. The van der Waals surface area contributed by atoms with Crippen LogP contribution in [0.5, 0.6) is 0 Å². The van der Waals surface area contributed by atoms with Crippen molar-refractivity contribution in [2.24, 2.45) is 0 Å². The third-order valence-corrected chi connectivity index (χ3v) is 6.21. The number of aromatic nitrogens is 1. The molecule has 0 aliphatic heterocycles. The second-order valence-corrected chi connectivity index (χ2v) is 8.75. The van der Waals surface area contributed by atoms with Crippen LogP contribution in [0, 0.1) is 0 Å². The summed E-state index contributed by atoms with van der Waals surface area (Å²) in [5, 5.41) is 16.8. The molecule has 1 fully saturated rings. The number of benzene rings is 2. The van der Waals surface area contributed by atoms with Crippen molar-refractivity contribution in [3.63, 3.8) is 0 Å². The van der Waals surface area contributed by atoms with E-state index in [4.69, 9.17) is 0 Å². The molecule has 3 nitrogen and oxygen atoms in total. The van der Waals surface area contributed by atoms with E-state index >= 15 is 0 Å². The highest BCUT2D eigenvalue weighted by Gasteiger charge is 2.19. The third kappa shape index (κ3) is 3.52. The lowest BCUT2D eigenvalue weighted by Crippen LogP contribution is -2.35. The van der Waals surface area contributed by atoms with Crippen molar-refractivity contribution in [2.75, 3.05) is 6.54 Å². The highest BCUT2D eigenvalue weighted by molar-refractivity contribution is 9.10. The summed E-state index contributed by atoms with van der Waals surface area (Å²) in [6, 6.07) is 13.0. The second kappa shape index (κ2) is 7.39. The van der Waals surface area contributed by atoms with Crippen LogP contribution in [0.4, 0.5) is 0 Å². The molecule has 5 heteroatoms. The zero-order valence-electron chi connectivity index (χ0n) is 14.0. The van der Waals surface area contributed by atoms with Crippen LogP contribution in [-0.2, 0) is 0 Å². The van der Waals surface area contributed by atoms with Gasteiger partial charge >= 0.3 is 0 Å². The van der Waals surface area contributed by atoms with E-state index in [0.717, 1.165) is 30.8 Å². The van der Waals surface area contributed by atoms with Crippen LogP contribution in [0.25, 0.3) is 21.8 Å². The summed E-state index contributed by atoms with van der Waals surface area (Å²) in [5.74, 6) is 0. The summed E-state index contributed by atoms with van der Waals surface area (Å²) in [6.45, 7) is 0.579. The molecule has 1 aliphatic rings. The maximum absolute atomic E-state index is 11.0. The van der Waals surface area contributed by atoms with E-state index in [2.05, 4.69) is 66.0 Å². The molecule has 2 aromatic carbocycles. The van der Waals surface area contributed by atoms with Crippen molar-refractivity contribution < 1.29 is 5.11 Å². The van der Waals surface area contributed by atoms with E-state index < -0.39 is 6.23 Å². The molecule has 25 heavy (non-hydrogen) atoms. The Balaban J connectivity index is 1.71. The van der Waals surface area contributed by atoms with E-state index in [1.807, 2.05) is 12.1 Å². The van der Waals surface area contributed by atoms with Crippen LogP contribution in [0.15, 0.2) is 45.3 Å². The van der Waals surface area contributed by atoms with Crippen LogP contribution >= 0.6 is 31.9 Å². The summed E-state index contributed by atoms with van der Waals surface area (Å²) in [7, 11) is 0. The summed E-state index contributed by atoms with van der Waals surface area (Å²) in [4.78, 5) is 0. The monoisotopic (exact) mass is 464 g/mol. The summed E-state index contributed by atoms with van der Waals surface area (Å²) >= 11 is 7.14. The number of aliphatic hydroxyl groups is 1. The topological polar surface area (TPSA) is 37.2 Å². The molecule has 0 saturated heterocycles. The summed E-state index contributed by atoms with van der Waals surface area (Å²) in [6.07, 6.45) is 5.80. The van der Waals surface area contributed by atoms with Gasteiger partial charge in [0.05, 0.1) is 11.0 Å². The van der Waals surface area contributed by atoms with Gasteiger partial charge in [-0.2, -0.15) is 0 Å². The van der Waals surface area contributed by atoms with Gasteiger partial charge in [0.25, 0.3) is 0 Å². The van der Waals surface area contributed by atoms with Crippen LogP contribution in [0.1, 0.15) is 38.3 Å². The number of nitrogens with one attached hydrogen (secondary N) is 1. The van der Waals surface area contributed by atoms with Crippen molar-refractivity contribution in [3.8, 4) is 0 Å². The molecule has 4 rings (SSSR count). The number of rotatable bonds is 4. The number of halogens is 2. The summed E-state index contributed by atoms with van der Waals surface area (Å²) in [5.41, 5.74) is 2.13. The van der Waals surface area contributed by atoms with Gasteiger partial charge in [-0.25, -0.2) is 0 Å². The lowest BCUT2D eigenvalue weighted by molar-refractivity contribution is 0.105. The number of aliphatic hydroxyl groups excluding tert-OH is 1. The Morgan fingerprint density at radius 1 is 0.960 bits per heavy atom. The van der Waals surface area contributed by atoms with Crippen LogP contribution < -0.4 is 5.32 Å². The van der Waals surface area contributed by atoms with Gasteiger partial charge in [-0.3, -0.25) is 0 Å². The molecular formula is C20H22Br2N2O. The normalized spacial score (nSPS) is 17.4. The third-order valence-electron chi connectivity index (χ3n) is 5.22. The van der Waals surface area contributed by atoms with Crippen molar-refractivity contribution >= 4 is 53.7 Å². The molecule has 1 aliphatic carbocycles. The molecule has 132 valence electrons. The molecule has 1 unspecified atom stereocenters. The molecule has 1 atom stereocenters. The van der Waals surface area contributed by atoms with Gasteiger partial charge in [-0.1, -0.05) is 51.1 Å². The standard InChI is InChI=1S/C20H22Br2N2O/c21-13-6-8-18-16(10-13)17-11-14(22)7-9-19(17)24(18)20(25)12-23-15-4-2-1-3-5-15/h6-11,15,20,23,25H,1-5,12H2. The molecule has 0 amide bonds. The number of nitrogens with zero attached hydrogens (tertiary/aromatic N) is 1. The molecule has 0 spiro atoms. The molecule has 1 aromatic heterocycles. The van der Waals surface area contributed by atoms with Gasteiger partial charge in [0.1, 0.15) is 6.23 Å². The first-order valence-electron chi connectivity index (χ1n) is 8.93. The Hall–Kier alpha value is -0.880. The molecule has 2 N–H and O–H groups in total. The predicted molar refractivity (Wildman–Crippen MR) is 111 cm³/mol. The van der Waals surface area contributed by atoms with E-state index in [0.29, 0.717) is 12.6 Å². The molecule has 0 bridgehead atoms. The Bertz CT molecular complexity index is 840. The first kappa shape index (κ1) is 17.5. The van der Waals surface area contributed by atoms with Gasteiger partial charge in [-0.15, -0.1) is 0 Å². The van der Waals surface area contributed by atoms with Gasteiger partial charge < -0.3 is 15.0 Å². The fourth-order valence-corrected chi connectivity index (χ4v) is 4.71. The van der Waals surface area contributed by atoms with Gasteiger partial charge in [0, 0.05) is 32.3 Å². The molecule has 1 saturated carbocycles. The fraction of sp³-hybridized carbons (Fsp3) is 0.400. The zero-order chi connectivity index (χ0) is 17.4. The van der Waals surface area contributed by atoms with E-state index in [9.17, 15) is 5.11 Å². The van der Waals surface area contributed by atoms with Crippen LogP contribution in [0.2, 0.25) is 0 Å². The van der Waals surface area contributed by atoms with E-state index in [1.165, 1.54) is 32.1 Å². The SMILES string of the molecule is OC(CNC1CCCCC1)n1c2ccc(Br)cc2c2cc(Br)ccc21. The highest BCUT2D eigenvalue weighted by Crippen LogP contribution is 2.34. The van der Waals surface area contributed by atoms with Crippen LogP contribution in [0.3, 0.4) is 0 Å². The molecule has 3 aromatic rings. The minimum Gasteiger partial charge on any atom is -0.372 e. The quantitative estimate of drug-likeness (QED) is 0.516. The van der Waals surface area contributed by atoms with Crippen molar-refractivity contribution in [2.45, 2.75) is 44.4 Å². The lowest BCUT2D eigenvalue weighted by Gasteiger charge is -2.25. The first-order chi connectivity index (χ1) is 12.1. The Labute approximate surface area is 164 Å². The van der Waals surface area contributed by atoms with Gasteiger partial charge in [-0.05, 0) is 49.2 Å². The Kier molecular flexibility index (Phi) is 5.18. The van der Waals surface area contributed by atoms with Gasteiger partial charge in [0.15, 0.2) is 0 Å². The average Bonchev–Trinajstić information content (AvgIpc) is 2.93. The van der Waals surface area contributed by atoms with Crippen molar-refractivity contribution in [3.05, 3.63) is 45.3 Å². The van der Waals surface area contributed by atoms with Crippen LogP contribution in [-0.4, -0.2) is 22.3 Å². The lowest BCUT2D eigenvalue weighted by atomic mass is 9.95. The predicted octanol–water partition coefficient (Wildman–Crippen LogP) is 5.73. The number of fused-ring (bicyclic) bond motifs is 3. The second-order valence-electron chi connectivity index (χ2n) is 6.92. The number of hydrogen-bond donors (Lipinski definition) is 2. The first-order valence-corrected chi connectivity index (χ1v) is 10.5. The molecule has 1 heterocycles. The van der Waals surface area contributed by atoms with E-state index in [1.54, 1.807) is 0 Å². The highest BCUT2D eigenvalue weighted by atomic mass is 79.9. The van der Waals surface area contributed by atoms with Crippen molar-refractivity contribution in [1.29, 1.82) is 0 Å². The largest absolute Gasteiger partial charge is 0.372 e. The van der Waals surface area contributed by atoms with Crippen molar-refractivity contribution in [1.82, 2.24) is 9.88 Å². The maximum Gasteiger partial charge on any atom is 0.143 e. The Morgan fingerprint density at radius 3 is 2.08 bits per heavy atom. The maximum atomic E-state index is 11.0.